The highest BCUT2D eigenvalue weighted by molar-refractivity contribution is 7.92. The minimum absolute atomic E-state index is 0.0224. The molecule has 1 unspecified atom stereocenters. The summed E-state index contributed by atoms with van der Waals surface area (Å²) in [4.78, 5) is 28.3. The van der Waals surface area contributed by atoms with E-state index in [0.717, 1.165) is 29.3 Å². The van der Waals surface area contributed by atoms with E-state index in [1.807, 2.05) is 6.92 Å². The molecule has 3 aromatic carbocycles. The number of nitrogens with one attached hydrogen (secondary N) is 1. The van der Waals surface area contributed by atoms with Gasteiger partial charge in [0.25, 0.3) is 10.0 Å². The number of benzene rings is 3. The Morgan fingerprint density at radius 2 is 1.65 bits per heavy atom. The molecule has 3 aromatic rings. The van der Waals surface area contributed by atoms with Crippen LogP contribution in [0.3, 0.4) is 0 Å². The van der Waals surface area contributed by atoms with E-state index in [-0.39, 0.29) is 34.5 Å². The number of carbonyl (C=O) groups is 2. The van der Waals surface area contributed by atoms with Gasteiger partial charge in [-0.05, 0) is 60.9 Å². The summed E-state index contributed by atoms with van der Waals surface area (Å²) in [6.45, 7) is 3.39. The van der Waals surface area contributed by atoms with Crippen molar-refractivity contribution in [3.8, 4) is 0 Å². The van der Waals surface area contributed by atoms with Crippen molar-refractivity contribution in [2.45, 2.75) is 50.6 Å². The van der Waals surface area contributed by atoms with Crippen molar-refractivity contribution in [1.29, 1.82) is 0 Å². The number of anilines is 1. The molecule has 1 atom stereocenters. The Bertz CT molecular complexity index is 1410. The van der Waals surface area contributed by atoms with Crippen LogP contribution >= 0.6 is 11.6 Å². The molecule has 214 valence electrons. The second-order valence-corrected chi connectivity index (χ2v) is 11.4. The van der Waals surface area contributed by atoms with Crippen LogP contribution in [0.25, 0.3) is 0 Å². The lowest BCUT2D eigenvalue weighted by Crippen LogP contribution is -2.52. The van der Waals surface area contributed by atoms with Gasteiger partial charge in [0.05, 0.1) is 15.6 Å². The summed E-state index contributed by atoms with van der Waals surface area (Å²) < 4.78 is 55.8. The Morgan fingerprint density at radius 3 is 2.25 bits per heavy atom. The van der Waals surface area contributed by atoms with Gasteiger partial charge < -0.3 is 10.2 Å². The van der Waals surface area contributed by atoms with Crippen LogP contribution in [0, 0.1) is 11.6 Å². The average Bonchev–Trinajstić information content (AvgIpc) is 2.94. The van der Waals surface area contributed by atoms with E-state index >= 15 is 0 Å². The van der Waals surface area contributed by atoms with Crippen LogP contribution in [-0.2, 0) is 26.2 Å². The minimum Gasteiger partial charge on any atom is -0.354 e. The Balaban J connectivity index is 2.04. The third-order valence-corrected chi connectivity index (χ3v) is 8.36. The Hall–Kier alpha value is -3.50. The molecule has 0 heterocycles. The fourth-order valence-electron chi connectivity index (χ4n) is 4.10. The second-order valence-electron chi connectivity index (χ2n) is 9.14. The summed E-state index contributed by atoms with van der Waals surface area (Å²) in [5.41, 5.74) is 0.530. The van der Waals surface area contributed by atoms with Crippen LogP contribution in [0.1, 0.15) is 38.7 Å². The Labute approximate surface area is 238 Å². The third-order valence-electron chi connectivity index (χ3n) is 6.28. The van der Waals surface area contributed by atoms with Crippen LogP contribution in [0.15, 0.2) is 77.7 Å². The minimum atomic E-state index is -4.31. The number of hydrogen-bond donors (Lipinski definition) is 1. The number of amides is 2. The quantitative estimate of drug-likeness (QED) is 0.265. The fraction of sp³-hybridized carbons (Fsp3) is 0.310. The summed E-state index contributed by atoms with van der Waals surface area (Å²) in [5, 5.41) is 2.52. The SMILES string of the molecule is CCCCNC(=O)C(CC)N(Cc1ccc(F)cc1)C(=O)CN(c1ccc(F)c(Cl)c1)S(=O)(=O)c1ccccc1. The van der Waals surface area contributed by atoms with Crippen molar-refractivity contribution in [2.75, 3.05) is 17.4 Å². The first kappa shape index (κ1) is 31.0. The van der Waals surface area contributed by atoms with Gasteiger partial charge in [-0.2, -0.15) is 0 Å². The van der Waals surface area contributed by atoms with E-state index in [1.165, 1.54) is 47.4 Å². The highest BCUT2D eigenvalue weighted by Crippen LogP contribution is 2.28. The maximum Gasteiger partial charge on any atom is 0.264 e. The van der Waals surface area contributed by atoms with Gasteiger partial charge in [-0.25, -0.2) is 17.2 Å². The van der Waals surface area contributed by atoms with Crippen LogP contribution in [-0.4, -0.2) is 44.3 Å². The van der Waals surface area contributed by atoms with E-state index < -0.39 is 40.2 Å². The number of halogens is 3. The summed E-state index contributed by atoms with van der Waals surface area (Å²) in [6, 6.07) is 15.4. The van der Waals surface area contributed by atoms with Crippen LogP contribution < -0.4 is 9.62 Å². The number of unbranched alkanes of at least 4 members (excludes halogenated alkanes) is 1. The largest absolute Gasteiger partial charge is 0.354 e. The first-order valence-electron chi connectivity index (χ1n) is 12.9. The lowest BCUT2D eigenvalue weighted by Gasteiger charge is -2.33. The lowest BCUT2D eigenvalue weighted by atomic mass is 10.1. The monoisotopic (exact) mass is 591 g/mol. The highest BCUT2D eigenvalue weighted by atomic mass is 35.5. The van der Waals surface area contributed by atoms with Gasteiger partial charge in [0.1, 0.15) is 24.2 Å². The van der Waals surface area contributed by atoms with E-state index in [9.17, 15) is 26.8 Å². The molecule has 0 bridgehead atoms. The zero-order valence-corrected chi connectivity index (χ0v) is 23.9. The van der Waals surface area contributed by atoms with E-state index in [4.69, 9.17) is 11.6 Å². The molecular formula is C29H32ClF2N3O4S. The average molecular weight is 592 g/mol. The van der Waals surface area contributed by atoms with Crippen LogP contribution in [0.5, 0.6) is 0 Å². The highest BCUT2D eigenvalue weighted by Gasteiger charge is 2.33. The number of sulfonamides is 1. The molecule has 0 spiro atoms. The molecule has 0 aliphatic heterocycles. The molecular weight excluding hydrogens is 560 g/mol. The summed E-state index contributed by atoms with van der Waals surface area (Å²) >= 11 is 5.97. The molecule has 0 saturated carbocycles. The molecule has 0 aliphatic carbocycles. The van der Waals surface area contributed by atoms with Crippen LogP contribution in [0.2, 0.25) is 5.02 Å². The molecule has 0 radical (unpaired) electrons. The normalized spacial score (nSPS) is 12.0. The van der Waals surface area contributed by atoms with Crippen molar-refractivity contribution in [3.05, 3.63) is 95.0 Å². The molecule has 0 saturated heterocycles. The summed E-state index contributed by atoms with van der Waals surface area (Å²) in [5.74, 6) is -2.27. The molecule has 1 N–H and O–H groups in total. The second kappa shape index (κ2) is 14.2. The predicted octanol–water partition coefficient (Wildman–Crippen LogP) is 5.54. The third kappa shape index (κ3) is 7.79. The molecule has 7 nitrogen and oxygen atoms in total. The van der Waals surface area contributed by atoms with Crippen molar-refractivity contribution in [3.63, 3.8) is 0 Å². The van der Waals surface area contributed by atoms with Gasteiger partial charge in [-0.15, -0.1) is 0 Å². The van der Waals surface area contributed by atoms with Gasteiger partial charge in [-0.3, -0.25) is 13.9 Å². The maximum atomic E-state index is 14.0. The van der Waals surface area contributed by atoms with Crippen molar-refractivity contribution < 1.29 is 26.8 Å². The van der Waals surface area contributed by atoms with Crippen molar-refractivity contribution in [2.24, 2.45) is 0 Å². The zero-order chi connectivity index (χ0) is 29.3. The standard InChI is InChI=1S/C29H32ClF2N3O4S/c1-3-5-17-33-29(37)27(4-2)34(19-21-11-13-22(31)14-12-21)28(36)20-35(23-15-16-26(32)25(30)18-23)40(38,39)24-9-7-6-8-10-24/h6-16,18,27H,3-5,17,19-20H2,1-2H3,(H,33,37). The van der Waals surface area contributed by atoms with Gasteiger partial charge in [0, 0.05) is 13.1 Å². The van der Waals surface area contributed by atoms with Gasteiger partial charge in [-0.1, -0.05) is 62.2 Å². The smallest absolute Gasteiger partial charge is 0.264 e. The summed E-state index contributed by atoms with van der Waals surface area (Å²) in [6.07, 6.45) is 1.86. The predicted molar refractivity (Wildman–Crippen MR) is 151 cm³/mol. The number of carbonyl (C=O) groups excluding carboxylic acids is 2. The Morgan fingerprint density at radius 1 is 0.975 bits per heavy atom. The van der Waals surface area contributed by atoms with E-state index in [0.29, 0.717) is 12.1 Å². The molecule has 40 heavy (non-hydrogen) atoms. The molecule has 2 amide bonds. The number of rotatable bonds is 13. The topological polar surface area (TPSA) is 86.8 Å². The lowest BCUT2D eigenvalue weighted by molar-refractivity contribution is -0.140. The van der Waals surface area contributed by atoms with Crippen LogP contribution in [0.4, 0.5) is 14.5 Å². The number of nitrogens with zero attached hydrogens (tertiary/aromatic N) is 2. The number of hydrogen-bond acceptors (Lipinski definition) is 4. The van der Waals surface area contributed by atoms with Gasteiger partial charge in [0.2, 0.25) is 11.8 Å². The molecule has 0 aromatic heterocycles. The molecule has 0 fully saturated rings. The van der Waals surface area contributed by atoms with Crippen molar-refractivity contribution in [1.82, 2.24) is 10.2 Å². The Kier molecular flexibility index (Phi) is 11.0. The first-order chi connectivity index (χ1) is 19.1. The molecule has 11 heteroatoms. The first-order valence-corrected chi connectivity index (χ1v) is 14.7. The summed E-state index contributed by atoms with van der Waals surface area (Å²) in [7, 11) is -4.31. The molecule has 0 aliphatic rings. The van der Waals surface area contributed by atoms with Gasteiger partial charge >= 0.3 is 0 Å². The van der Waals surface area contributed by atoms with E-state index in [2.05, 4.69) is 5.32 Å². The molecule has 3 rings (SSSR count). The maximum absolute atomic E-state index is 14.0. The van der Waals surface area contributed by atoms with Crippen molar-refractivity contribution >= 4 is 39.1 Å². The van der Waals surface area contributed by atoms with Gasteiger partial charge in [0.15, 0.2) is 0 Å². The zero-order valence-electron chi connectivity index (χ0n) is 22.3. The van der Waals surface area contributed by atoms with E-state index in [1.54, 1.807) is 25.1 Å². The fourth-order valence-corrected chi connectivity index (χ4v) is 5.70.